The Morgan fingerprint density at radius 1 is 0.976 bits per heavy atom. The molecule has 0 radical (unpaired) electrons. The molecule has 3 amide bonds. The number of nitrogens with zero attached hydrogens (tertiary/aromatic N) is 3. The molecule has 9 nitrogen and oxygen atoms in total. The normalized spacial score (nSPS) is 19.6. The molecule has 2 aliphatic rings. The Labute approximate surface area is 250 Å². The van der Waals surface area contributed by atoms with Gasteiger partial charge in [0.2, 0.25) is 5.91 Å². The van der Waals surface area contributed by atoms with Crippen molar-refractivity contribution in [2.24, 2.45) is 0 Å². The summed E-state index contributed by atoms with van der Waals surface area (Å²) in [6.45, 7) is 16.8. The maximum absolute atomic E-state index is 12.5. The van der Waals surface area contributed by atoms with E-state index in [9.17, 15) is 14.4 Å². The van der Waals surface area contributed by atoms with Crippen molar-refractivity contribution in [1.82, 2.24) is 15.1 Å². The molecule has 0 aromatic heterocycles. The standard InChI is InChI=1S/C33H46N4O5/c1-22(2)41-31(39)34-29-19-23(3)37(24(4)38)30-14-13-27(20-28(29)30)26-11-9-25(10-12-26)21-35-15-8-16-36(18-17-35)32(40)42-33(5,6)7/h9-14,20,22-23,29H,8,15-19,21H2,1-7H3,(H,34,39)/t23-,29+/m1/s1. The second-order valence-electron chi connectivity index (χ2n) is 12.7. The van der Waals surface area contributed by atoms with Crippen LogP contribution in [0.15, 0.2) is 42.5 Å². The SMILES string of the molecule is CC(=O)N1c2ccc(-c3ccc(CN4CCCN(C(=O)OC(C)(C)C)CC4)cc3)cc2[C@@H](NC(=O)OC(C)C)C[C@H]1C. The summed E-state index contributed by atoms with van der Waals surface area (Å²) in [4.78, 5) is 43.5. The zero-order valence-corrected chi connectivity index (χ0v) is 26.1. The van der Waals surface area contributed by atoms with Gasteiger partial charge in [-0.05, 0) is 88.8 Å². The maximum Gasteiger partial charge on any atom is 0.410 e. The Morgan fingerprint density at radius 2 is 1.67 bits per heavy atom. The first-order valence-corrected chi connectivity index (χ1v) is 15.0. The van der Waals surface area contributed by atoms with E-state index in [-0.39, 0.29) is 30.2 Å². The van der Waals surface area contributed by atoms with E-state index < -0.39 is 11.7 Å². The number of fused-ring (bicyclic) bond motifs is 1. The third kappa shape index (κ3) is 8.03. The molecule has 0 bridgehead atoms. The third-order valence-electron chi connectivity index (χ3n) is 7.59. The number of carbonyl (C=O) groups is 3. The van der Waals surface area contributed by atoms with Crippen LogP contribution in [0.5, 0.6) is 0 Å². The molecule has 0 saturated carbocycles. The molecule has 42 heavy (non-hydrogen) atoms. The van der Waals surface area contributed by atoms with E-state index in [1.807, 2.05) is 58.6 Å². The lowest BCUT2D eigenvalue weighted by molar-refractivity contribution is -0.117. The number of hydrogen-bond donors (Lipinski definition) is 1. The van der Waals surface area contributed by atoms with Gasteiger partial charge in [-0.25, -0.2) is 9.59 Å². The molecular weight excluding hydrogens is 532 g/mol. The number of nitrogens with one attached hydrogen (secondary N) is 1. The van der Waals surface area contributed by atoms with Gasteiger partial charge in [-0.3, -0.25) is 9.69 Å². The van der Waals surface area contributed by atoms with Crippen molar-refractivity contribution in [3.63, 3.8) is 0 Å². The van der Waals surface area contributed by atoms with Crippen molar-refractivity contribution < 1.29 is 23.9 Å². The molecule has 2 heterocycles. The van der Waals surface area contributed by atoms with Crippen molar-refractivity contribution in [3.05, 3.63) is 53.6 Å². The van der Waals surface area contributed by atoms with Gasteiger partial charge in [0.1, 0.15) is 5.60 Å². The van der Waals surface area contributed by atoms with Gasteiger partial charge in [-0.1, -0.05) is 30.3 Å². The fraction of sp³-hybridized carbons (Fsp3) is 0.545. The zero-order valence-electron chi connectivity index (χ0n) is 26.1. The molecular formula is C33H46N4O5. The molecule has 228 valence electrons. The molecule has 0 unspecified atom stereocenters. The van der Waals surface area contributed by atoms with Gasteiger partial charge >= 0.3 is 12.2 Å². The first-order chi connectivity index (χ1) is 19.8. The highest BCUT2D eigenvalue weighted by Gasteiger charge is 2.34. The largest absolute Gasteiger partial charge is 0.447 e. The van der Waals surface area contributed by atoms with E-state index in [0.29, 0.717) is 19.5 Å². The van der Waals surface area contributed by atoms with Gasteiger partial charge < -0.3 is 24.6 Å². The monoisotopic (exact) mass is 578 g/mol. The quantitative estimate of drug-likeness (QED) is 0.460. The van der Waals surface area contributed by atoms with Crippen LogP contribution in [0.4, 0.5) is 15.3 Å². The van der Waals surface area contributed by atoms with Gasteiger partial charge in [-0.2, -0.15) is 0 Å². The Kier molecular flexibility index (Phi) is 9.82. The summed E-state index contributed by atoms with van der Waals surface area (Å²) in [5.74, 6) is -0.0215. The molecule has 1 fully saturated rings. The first-order valence-electron chi connectivity index (χ1n) is 15.0. The minimum Gasteiger partial charge on any atom is -0.447 e. The van der Waals surface area contributed by atoms with Gasteiger partial charge in [0.05, 0.1) is 12.1 Å². The fourth-order valence-electron chi connectivity index (χ4n) is 5.75. The number of amides is 3. The molecule has 2 aromatic carbocycles. The minimum absolute atomic E-state index is 0.0215. The molecule has 2 aromatic rings. The average Bonchev–Trinajstić information content (AvgIpc) is 3.13. The molecule has 2 aliphatic heterocycles. The van der Waals surface area contributed by atoms with Crippen molar-refractivity contribution >= 4 is 23.8 Å². The molecule has 1 N–H and O–H groups in total. The highest BCUT2D eigenvalue weighted by Crippen LogP contribution is 2.39. The average molecular weight is 579 g/mol. The van der Waals surface area contributed by atoms with Crippen LogP contribution in [-0.4, -0.2) is 71.8 Å². The molecule has 4 rings (SSSR count). The fourth-order valence-corrected chi connectivity index (χ4v) is 5.75. The highest BCUT2D eigenvalue weighted by atomic mass is 16.6. The van der Waals surface area contributed by atoms with Crippen LogP contribution in [-0.2, 0) is 20.8 Å². The molecule has 0 spiro atoms. The minimum atomic E-state index is -0.495. The zero-order chi connectivity index (χ0) is 30.6. The predicted octanol–water partition coefficient (Wildman–Crippen LogP) is 6.12. The molecule has 2 atom stereocenters. The summed E-state index contributed by atoms with van der Waals surface area (Å²) >= 11 is 0. The van der Waals surface area contributed by atoms with Crippen molar-refractivity contribution in [1.29, 1.82) is 0 Å². The summed E-state index contributed by atoms with van der Waals surface area (Å²) in [6, 6.07) is 14.3. The van der Waals surface area contributed by atoms with Crippen LogP contribution in [0.2, 0.25) is 0 Å². The third-order valence-corrected chi connectivity index (χ3v) is 7.59. The van der Waals surface area contributed by atoms with Gasteiger partial charge in [0, 0.05) is 51.4 Å². The maximum atomic E-state index is 12.5. The van der Waals surface area contributed by atoms with Gasteiger partial charge in [-0.15, -0.1) is 0 Å². The molecule has 1 saturated heterocycles. The second kappa shape index (κ2) is 13.2. The van der Waals surface area contributed by atoms with Crippen molar-refractivity contribution in [2.45, 2.75) is 91.6 Å². The summed E-state index contributed by atoms with van der Waals surface area (Å²) in [6.07, 6.45) is 0.587. The topological polar surface area (TPSA) is 91.4 Å². The van der Waals surface area contributed by atoms with E-state index in [0.717, 1.165) is 48.4 Å². The Morgan fingerprint density at radius 3 is 2.31 bits per heavy atom. The summed E-state index contributed by atoms with van der Waals surface area (Å²) in [5.41, 5.74) is 4.51. The van der Waals surface area contributed by atoms with Gasteiger partial charge in [0.15, 0.2) is 0 Å². The summed E-state index contributed by atoms with van der Waals surface area (Å²) in [7, 11) is 0. The second-order valence-corrected chi connectivity index (χ2v) is 12.7. The van der Waals surface area contributed by atoms with Crippen molar-refractivity contribution in [3.8, 4) is 11.1 Å². The van der Waals surface area contributed by atoms with E-state index in [2.05, 4.69) is 40.5 Å². The lowest BCUT2D eigenvalue weighted by Gasteiger charge is -2.39. The molecule has 0 aliphatic carbocycles. The van der Waals surface area contributed by atoms with Crippen molar-refractivity contribution in [2.75, 3.05) is 31.1 Å². The van der Waals surface area contributed by atoms with Crippen LogP contribution in [0.25, 0.3) is 11.1 Å². The number of alkyl carbamates (subject to hydrolysis) is 1. The number of ether oxygens (including phenoxy) is 2. The lowest BCUT2D eigenvalue weighted by atomic mass is 9.89. The van der Waals surface area contributed by atoms with Crippen LogP contribution in [0.3, 0.4) is 0 Å². The van der Waals surface area contributed by atoms with Crippen LogP contribution in [0.1, 0.15) is 78.5 Å². The predicted molar refractivity (Wildman–Crippen MR) is 164 cm³/mol. The van der Waals surface area contributed by atoms with E-state index in [4.69, 9.17) is 9.47 Å². The Balaban J connectivity index is 1.47. The number of hydrogen-bond acceptors (Lipinski definition) is 6. The van der Waals surface area contributed by atoms with E-state index in [1.165, 1.54) is 5.56 Å². The number of rotatable bonds is 5. The highest BCUT2D eigenvalue weighted by molar-refractivity contribution is 5.94. The molecule has 9 heteroatoms. The Bertz CT molecular complexity index is 1270. The van der Waals surface area contributed by atoms with E-state index >= 15 is 0 Å². The summed E-state index contributed by atoms with van der Waals surface area (Å²) in [5, 5.41) is 3.02. The van der Waals surface area contributed by atoms with Crippen LogP contribution in [0, 0.1) is 0 Å². The van der Waals surface area contributed by atoms with Gasteiger partial charge in [0.25, 0.3) is 0 Å². The van der Waals surface area contributed by atoms with Crippen LogP contribution >= 0.6 is 0 Å². The first kappa shape index (κ1) is 31.3. The smallest absolute Gasteiger partial charge is 0.410 e. The lowest BCUT2D eigenvalue weighted by Crippen LogP contribution is -2.45. The van der Waals surface area contributed by atoms with Crippen LogP contribution < -0.4 is 10.2 Å². The number of anilines is 1. The number of carbonyl (C=O) groups excluding carboxylic acids is 3. The number of benzene rings is 2. The Hall–Kier alpha value is -3.59. The van der Waals surface area contributed by atoms with E-state index in [1.54, 1.807) is 11.8 Å². The summed E-state index contributed by atoms with van der Waals surface area (Å²) < 4.78 is 10.9.